The average Bonchev–Trinajstić information content (AvgIpc) is 3.11. The summed E-state index contributed by atoms with van der Waals surface area (Å²) < 4.78 is 32.9. The smallest absolute Gasteiger partial charge is 0.274 e. The van der Waals surface area contributed by atoms with E-state index >= 15 is 0 Å². The van der Waals surface area contributed by atoms with Crippen molar-refractivity contribution in [3.05, 3.63) is 24.4 Å². The molecular weight excluding hydrogens is 306 g/mol. The van der Waals surface area contributed by atoms with E-state index in [1.54, 1.807) is 18.3 Å². The summed E-state index contributed by atoms with van der Waals surface area (Å²) in [6, 6.07) is 4.54. The summed E-state index contributed by atoms with van der Waals surface area (Å²) in [6.07, 6.45) is 3.21. The number of nitrogens with one attached hydrogen (secondary N) is 2. The van der Waals surface area contributed by atoms with Gasteiger partial charge in [-0.2, -0.15) is 5.10 Å². The average molecular weight is 325 g/mol. The molecule has 0 saturated heterocycles. The van der Waals surface area contributed by atoms with Crippen LogP contribution in [-0.4, -0.2) is 35.9 Å². The number of hydrogen-bond acceptors (Lipinski definition) is 5. The molecule has 1 fully saturated rings. The quantitative estimate of drug-likeness (QED) is 0.746. The first-order chi connectivity index (χ1) is 10.5. The first-order valence-electron chi connectivity index (χ1n) is 7.29. The van der Waals surface area contributed by atoms with E-state index in [4.69, 9.17) is 4.42 Å². The number of aromatic nitrogens is 2. The summed E-state index contributed by atoms with van der Waals surface area (Å²) in [5.41, 5.74) is 0.621. The molecule has 0 spiro atoms. The van der Waals surface area contributed by atoms with Crippen LogP contribution in [0, 0.1) is 5.92 Å². The summed E-state index contributed by atoms with van der Waals surface area (Å²) in [6.45, 7) is 1.93. The zero-order valence-corrected chi connectivity index (χ0v) is 13.0. The van der Waals surface area contributed by atoms with E-state index < -0.39 is 10.0 Å². The molecule has 1 saturated carbocycles. The highest BCUT2D eigenvalue weighted by Gasteiger charge is 2.36. The molecule has 0 aromatic carbocycles. The van der Waals surface area contributed by atoms with Gasteiger partial charge in [0.1, 0.15) is 5.69 Å². The van der Waals surface area contributed by atoms with E-state index in [1.807, 2.05) is 6.92 Å². The Bertz CT molecular complexity index is 717. The van der Waals surface area contributed by atoms with E-state index in [-0.39, 0.29) is 23.2 Å². The van der Waals surface area contributed by atoms with Crippen LogP contribution in [0.15, 0.2) is 33.9 Å². The standard InChI is InChI=1S/C14H19N3O4S/c1-2-11(9-7-10(18)8-9)17-22(19,20)14-4-3-13(21-14)12-5-6-15-16-12/h3-6,9-11,17-18H,2,7-8H2,1H3,(H,15,16)/t9?,10?,11-/m1/s1. The van der Waals surface area contributed by atoms with E-state index in [0.717, 1.165) is 0 Å². The van der Waals surface area contributed by atoms with Crippen LogP contribution in [0.5, 0.6) is 0 Å². The minimum atomic E-state index is -3.71. The van der Waals surface area contributed by atoms with E-state index in [0.29, 0.717) is 30.7 Å². The van der Waals surface area contributed by atoms with Gasteiger partial charge in [-0.15, -0.1) is 0 Å². The highest BCUT2D eigenvalue weighted by molar-refractivity contribution is 7.89. The Balaban J connectivity index is 1.75. The van der Waals surface area contributed by atoms with Gasteiger partial charge in [0.25, 0.3) is 10.0 Å². The van der Waals surface area contributed by atoms with Gasteiger partial charge in [-0.1, -0.05) is 6.92 Å². The predicted molar refractivity (Wildman–Crippen MR) is 79.4 cm³/mol. The molecule has 1 aliphatic rings. The van der Waals surface area contributed by atoms with Gasteiger partial charge in [-0.3, -0.25) is 5.10 Å². The fraction of sp³-hybridized carbons (Fsp3) is 0.500. The predicted octanol–water partition coefficient (Wildman–Crippen LogP) is 1.50. The van der Waals surface area contributed by atoms with E-state index in [9.17, 15) is 13.5 Å². The topological polar surface area (TPSA) is 108 Å². The third kappa shape index (κ3) is 2.94. The second kappa shape index (κ2) is 5.86. The van der Waals surface area contributed by atoms with Crippen molar-refractivity contribution in [1.82, 2.24) is 14.9 Å². The molecule has 3 N–H and O–H groups in total. The van der Waals surface area contributed by atoms with E-state index in [1.165, 1.54) is 6.07 Å². The van der Waals surface area contributed by atoms with Crippen molar-refractivity contribution in [2.75, 3.05) is 0 Å². The van der Waals surface area contributed by atoms with Gasteiger partial charge >= 0.3 is 0 Å². The Labute approximate surface area is 128 Å². The molecule has 1 aliphatic carbocycles. The zero-order valence-electron chi connectivity index (χ0n) is 12.2. The molecule has 2 aromatic rings. The second-order valence-electron chi connectivity index (χ2n) is 5.61. The first kappa shape index (κ1) is 15.3. The molecular formula is C14H19N3O4S. The number of furan rings is 1. The van der Waals surface area contributed by atoms with Crippen molar-refractivity contribution in [2.24, 2.45) is 5.92 Å². The zero-order chi connectivity index (χ0) is 15.7. The number of aromatic amines is 1. The van der Waals surface area contributed by atoms with Crippen LogP contribution in [0.25, 0.3) is 11.5 Å². The third-order valence-electron chi connectivity index (χ3n) is 4.08. The lowest BCUT2D eigenvalue weighted by atomic mass is 9.77. The minimum absolute atomic E-state index is 0.115. The Morgan fingerprint density at radius 1 is 1.45 bits per heavy atom. The number of aliphatic hydroxyl groups excluding tert-OH is 1. The third-order valence-corrected chi connectivity index (χ3v) is 5.44. The van der Waals surface area contributed by atoms with Crippen LogP contribution < -0.4 is 4.72 Å². The van der Waals surface area contributed by atoms with Crippen LogP contribution >= 0.6 is 0 Å². The maximum absolute atomic E-state index is 12.4. The largest absolute Gasteiger partial charge is 0.442 e. The lowest BCUT2D eigenvalue weighted by Gasteiger charge is -2.37. The van der Waals surface area contributed by atoms with Gasteiger partial charge in [-0.25, -0.2) is 13.1 Å². The number of rotatable bonds is 6. The van der Waals surface area contributed by atoms with Gasteiger partial charge in [0.15, 0.2) is 5.76 Å². The highest BCUT2D eigenvalue weighted by atomic mass is 32.2. The number of H-pyrrole nitrogens is 1. The van der Waals surface area contributed by atoms with Crippen molar-refractivity contribution >= 4 is 10.0 Å². The Morgan fingerprint density at radius 3 is 2.82 bits per heavy atom. The van der Waals surface area contributed by atoms with Crippen LogP contribution in [0.3, 0.4) is 0 Å². The van der Waals surface area contributed by atoms with Crippen molar-refractivity contribution in [1.29, 1.82) is 0 Å². The Hall–Kier alpha value is -1.64. The fourth-order valence-corrected chi connectivity index (χ4v) is 4.05. The highest BCUT2D eigenvalue weighted by Crippen LogP contribution is 2.32. The van der Waals surface area contributed by atoms with Gasteiger partial charge in [-0.05, 0) is 43.4 Å². The van der Waals surface area contributed by atoms with Gasteiger partial charge in [0, 0.05) is 12.2 Å². The first-order valence-corrected chi connectivity index (χ1v) is 8.78. The van der Waals surface area contributed by atoms with Gasteiger partial charge in [0.2, 0.25) is 5.09 Å². The molecule has 2 heterocycles. The summed E-state index contributed by atoms with van der Waals surface area (Å²) in [4.78, 5) is 0. The fourth-order valence-electron chi connectivity index (χ4n) is 2.73. The van der Waals surface area contributed by atoms with Crippen molar-refractivity contribution in [3.63, 3.8) is 0 Å². The molecule has 1 atom stereocenters. The van der Waals surface area contributed by atoms with Crippen molar-refractivity contribution in [2.45, 2.75) is 43.4 Å². The molecule has 7 nitrogen and oxygen atoms in total. The molecule has 0 radical (unpaired) electrons. The summed E-state index contributed by atoms with van der Waals surface area (Å²) in [5, 5.41) is 15.8. The molecule has 22 heavy (non-hydrogen) atoms. The van der Waals surface area contributed by atoms with Crippen LogP contribution in [0.1, 0.15) is 26.2 Å². The van der Waals surface area contributed by atoms with Crippen LogP contribution in [0.2, 0.25) is 0 Å². The molecule has 0 unspecified atom stereocenters. The monoisotopic (exact) mass is 325 g/mol. The molecule has 8 heteroatoms. The summed E-state index contributed by atoms with van der Waals surface area (Å²) >= 11 is 0. The minimum Gasteiger partial charge on any atom is -0.442 e. The van der Waals surface area contributed by atoms with Crippen molar-refractivity contribution < 1.29 is 17.9 Å². The normalized spacial score (nSPS) is 23.2. The molecule has 120 valence electrons. The van der Waals surface area contributed by atoms with Gasteiger partial charge < -0.3 is 9.52 Å². The van der Waals surface area contributed by atoms with Gasteiger partial charge in [0.05, 0.1) is 6.10 Å². The number of sulfonamides is 1. The Kier molecular flexibility index (Phi) is 4.07. The van der Waals surface area contributed by atoms with E-state index in [2.05, 4.69) is 14.9 Å². The maximum Gasteiger partial charge on any atom is 0.274 e. The molecule has 0 bridgehead atoms. The molecule has 3 rings (SSSR count). The van der Waals surface area contributed by atoms with Crippen LogP contribution in [-0.2, 0) is 10.0 Å². The molecule has 0 aliphatic heterocycles. The lowest BCUT2D eigenvalue weighted by molar-refractivity contribution is 0.0277. The van der Waals surface area contributed by atoms with Crippen molar-refractivity contribution in [3.8, 4) is 11.5 Å². The SMILES string of the molecule is CC[C@@H](NS(=O)(=O)c1ccc(-c2ccn[nH]2)o1)C1CC(O)C1. The van der Waals surface area contributed by atoms with Crippen LogP contribution in [0.4, 0.5) is 0 Å². The lowest BCUT2D eigenvalue weighted by Crippen LogP contribution is -2.46. The number of hydrogen-bond donors (Lipinski definition) is 3. The number of nitrogens with zero attached hydrogens (tertiary/aromatic N) is 1. The summed E-state index contributed by atoms with van der Waals surface area (Å²) in [7, 11) is -3.71. The molecule has 2 aromatic heterocycles. The second-order valence-corrected chi connectivity index (χ2v) is 7.26. The number of aliphatic hydroxyl groups is 1. The summed E-state index contributed by atoms with van der Waals surface area (Å²) in [5.74, 6) is 0.599. The maximum atomic E-state index is 12.4. The Morgan fingerprint density at radius 2 is 2.23 bits per heavy atom. The molecule has 0 amide bonds.